The molecule has 3 rings (SSSR count). The molecule has 0 saturated carbocycles. The molecule has 1 aromatic heterocycles. The summed E-state index contributed by atoms with van der Waals surface area (Å²) in [5, 5.41) is 9.68. The van der Waals surface area contributed by atoms with Gasteiger partial charge in [0, 0.05) is 37.6 Å². The Morgan fingerprint density at radius 2 is 2.08 bits per heavy atom. The molecule has 26 heavy (non-hydrogen) atoms. The predicted molar refractivity (Wildman–Crippen MR) is 95.5 cm³/mol. The number of amides is 2. The summed E-state index contributed by atoms with van der Waals surface area (Å²) in [5.41, 5.74) is 1.45. The molecule has 1 aromatic carbocycles. The lowest BCUT2D eigenvalue weighted by Gasteiger charge is -2.11. The molecule has 1 atom stereocenters. The summed E-state index contributed by atoms with van der Waals surface area (Å²) >= 11 is 0. The van der Waals surface area contributed by atoms with Crippen molar-refractivity contribution in [2.45, 2.75) is 18.9 Å². The van der Waals surface area contributed by atoms with E-state index in [0.29, 0.717) is 23.4 Å². The minimum absolute atomic E-state index is 0.104. The smallest absolute Gasteiger partial charge is 0.262 e. The third-order valence-electron chi connectivity index (χ3n) is 4.15. The van der Waals surface area contributed by atoms with Crippen LogP contribution in [0.15, 0.2) is 30.5 Å². The zero-order valence-electron chi connectivity index (χ0n) is 14.8. The number of nitrogens with zero attached hydrogens (tertiary/aromatic N) is 2. The van der Waals surface area contributed by atoms with E-state index in [0.717, 1.165) is 19.4 Å². The molecular formula is C18H22N4O4. The zero-order chi connectivity index (χ0) is 18.5. The third kappa shape index (κ3) is 4.20. The molecule has 2 aromatic rings. The van der Waals surface area contributed by atoms with Crippen molar-refractivity contribution in [2.24, 2.45) is 7.05 Å². The number of nitrogens with one attached hydrogen (secondary N) is 2. The number of carbonyl (C=O) groups excluding carboxylic acids is 2. The van der Waals surface area contributed by atoms with Crippen LogP contribution in [-0.4, -0.2) is 48.0 Å². The fraction of sp³-hybridized carbons (Fsp3) is 0.389. The average Bonchev–Trinajstić information content (AvgIpc) is 3.29. The number of benzene rings is 1. The van der Waals surface area contributed by atoms with Crippen molar-refractivity contribution < 1.29 is 19.1 Å². The number of rotatable bonds is 6. The summed E-state index contributed by atoms with van der Waals surface area (Å²) in [5.74, 6) is -0.229. The molecule has 2 heterocycles. The molecule has 138 valence electrons. The minimum atomic E-state index is -0.328. The Balaban J connectivity index is 1.58. The van der Waals surface area contributed by atoms with Gasteiger partial charge in [0.1, 0.15) is 5.56 Å². The van der Waals surface area contributed by atoms with Crippen molar-refractivity contribution in [2.75, 3.05) is 25.6 Å². The van der Waals surface area contributed by atoms with Gasteiger partial charge in [-0.25, -0.2) is 0 Å². The first-order valence-corrected chi connectivity index (χ1v) is 8.45. The Morgan fingerprint density at radius 3 is 2.73 bits per heavy atom. The highest BCUT2D eigenvalue weighted by molar-refractivity contribution is 6.06. The second kappa shape index (κ2) is 8.01. The zero-order valence-corrected chi connectivity index (χ0v) is 14.8. The van der Waals surface area contributed by atoms with Crippen LogP contribution in [0.2, 0.25) is 0 Å². The van der Waals surface area contributed by atoms with Crippen molar-refractivity contribution in [3.8, 4) is 5.88 Å². The van der Waals surface area contributed by atoms with Gasteiger partial charge >= 0.3 is 0 Å². The molecule has 1 saturated heterocycles. The van der Waals surface area contributed by atoms with Crippen molar-refractivity contribution >= 4 is 17.5 Å². The van der Waals surface area contributed by atoms with Crippen LogP contribution in [0.5, 0.6) is 5.88 Å². The molecule has 0 radical (unpaired) electrons. The molecular weight excluding hydrogens is 336 g/mol. The average molecular weight is 358 g/mol. The Hall–Kier alpha value is -2.87. The van der Waals surface area contributed by atoms with Gasteiger partial charge in [-0.05, 0) is 37.1 Å². The van der Waals surface area contributed by atoms with Gasteiger partial charge in [-0.2, -0.15) is 0 Å². The number of carbonyl (C=O) groups is 2. The van der Waals surface area contributed by atoms with Gasteiger partial charge in [-0.3, -0.25) is 14.3 Å². The molecule has 0 bridgehead atoms. The van der Waals surface area contributed by atoms with Gasteiger partial charge in [-0.15, -0.1) is 5.10 Å². The van der Waals surface area contributed by atoms with Gasteiger partial charge in [0.15, 0.2) is 0 Å². The number of anilines is 1. The summed E-state index contributed by atoms with van der Waals surface area (Å²) in [6.45, 7) is 1.27. The number of aryl methyl sites for hydroxylation is 1. The number of ether oxygens (including phenoxy) is 2. The third-order valence-corrected chi connectivity index (χ3v) is 4.15. The highest BCUT2D eigenvalue weighted by Crippen LogP contribution is 2.18. The summed E-state index contributed by atoms with van der Waals surface area (Å²) in [4.78, 5) is 24.5. The maximum absolute atomic E-state index is 12.3. The second-order valence-electron chi connectivity index (χ2n) is 6.10. The summed E-state index contributed by atoms with van der Waals surface area (Å²) in [6, 6.07) is 6.70. The van der Waals surface area contributed by atoms with Crippen LogP contribution in [0.3, 0.4) is 0 Å². The first-order valence-electron chi connectivity index (χ1n) is 8.45. The van der Waals surface area contributed by atoms with Crippen LogP contribution >= 0.6 is 0 Å². The van der Waals surface area contributed by atoms with Crippen LogP contribution in [0.25, 0.3) is 0 Å². The lowest BCUT2D eigenvalue weighted by molar-refractivity contribution is 0.0857. The fourth-order valence-corrected chi connectivity index (χ4v) is 2.79. The molecule has 2 N–H and O–H groups in total. The van der Waals surface area contributed by atoms with Crippen molar-refractivity contribution in [3.05, 3.63) is 41.6 Å². The number of methoxy groups -OCH3 is 1. The lowest BCUT2D eigenvalue weighted by Crippen LogP contribution is -2.31. The molecule has 1 aliphatic heterocycles. The van der Waals surface area contributed by atoms with E-state index in [1.54, 1.807) is 37.5 Å². The van der Waals surface area contributed by atoms with Crippen LogP contribution in [0.4, 0.5) is 5.69 Å². The second-order valence-corrected chi connectivity index (χ2v) is 6.10. The SMILES string of the molecule is COc1nn(C)cc1C(=O)Nc1ccc(C(=O)NC[C@@H]2CCCO2)cc1. The molecule has 8 heteroatoms. The minimum Gasteiger partial charge on any atom is -0.479 e. The fourth-order valence-electron chi connectivity index (χ4n) is 2.79. The van der Waals surface area contributed by atoms with E-state index >= 15 is 0 Å². The quantitative estimate of drug-likeness (QED) is 0.818. The monoisotopic (exact) mass is 358 g/mol. The standard InChI is InChI=1S/C18H22N4O4/c1-22-11-15(18(21-22)25-2)17(24)20-13-7-5-12(6-8-13)16(23)19-10-14-4-3-9-26-14/h5-8,11,14H,3-4,9-10H2,1-2H3,(H,19,23)(H,20,24)/t14-/m0/s1. The summed E-state index contributed by atoms with van der Waals surface area (Å²) in [7, 11) is 3.17. The van der Waals surface area contributed by atoms with E-state index in [1.165, 1.54) is 11.8 Å². The predicted octanol–water partition coefficient (Wildman–Crippen LogP) is 1.59. The Kier molecular flexibility index (Phi) is 5.52. The van der Waals surface area contributed by atoms with E-state index in [2.05, 4.69) is 15.7 Å². The molecule has 0 aliphatic carbocycles. The maximum atomic E-state index is 12.3. The summed E-state index contributed by atoms with van der Waals surface area (Å²) in [6.07, 6.45) is 3.70. The van der Waals surface area contributed by atoms with E-state index in [4.69, 9.17) is 9.47 Å². The Bertz CT molecular complexity index is 779. The molecule has 2 amide bonds. The van der Waals surface area contributed by atoms with Crippen molar-refractivity contribution in [1.82, 2.24) is 15.1 Å². The van der Waals surface area contributed by atoms with Crippen LogP contribution in [0, 0.1) is 0 Å². The molecule has 1 fully saturated rings. The van der Waals surface area contributed by atoms with Crippen molar-refractivity contribution in [3.63, 3.8) is 0 Å². The van der Waals surface area contributed by atoms with Crippen LogP contribution in [0.1, 0.15) is 33.6 Å². The Morgan fingerprint density at radius 1 is 1.31 bits per heavy atom. The topological polar surface area (TPSA) is 94.5 Å². The van der Waals surface area contributed by atoms with Crippen LogP contribution < -0.4 is 15.4 Å². The van der Waals surface area contributed by atoms with E-state index in [9.17, 15) is 9.59 Å². The van der Waals surface area contributed by atoms with E-state index < -0.39 is 0 Å². The lowest BCUT2D eigenvalue weighted by atomic mass is 10.1. The maximum Gasteiger partial charge on any atom is 0.262 e. The summed E-state index contributed by atoms with van der Waals surface area (Å²) < 4.78 is 12.1. The molecule has 0 spiro atoms. The van der Waals surface area contributed by atoms with Gasteiger partial charge in [0.05, 0.1) is 13.2 Å². The molecule has 8 nitrogen and oxygen atoms in total. The van der Waals surface area contributed by atoms with E-state index in [-0.39, 0.29) is 23.8 Å². The molecule has 0 unspecified atom stereocenters. The van der Waals surface area contributed by atoms with Gasteiger partial charge in [0.25, 0.3) is 11.8 Å². The Labute approximate surface area is 151 Å². The normalized spacial score (nSPS) is 16.3. The molecule has 1 aliphatic rings. The first kappa shape index (κ1) is 17.9. The number of hydrogen-bond donors (Lipinski definition) is 2. The number of hydrogen-bond acceptors (Lipinski definition) is 5. The van der Waals surface area contributed by atoms with Gasteiger partial charge < -0.3 is 20.1 Å². The highest BCUT2D eigenvalue weighted by Gasteiger charge is 2.18. The highest BCUT2D eigenvalue weighted by atomic mass is 16.5. The number of aromatic nitrogens is 2. The van der Waals surface area contributed by atoms with Crippen LogP contribution in [-0.2, 0) is 11.8 Å². The van der Waals surface area contributed by atoms with Crippen molar-refractivity contribution in [1.29, 1.82) is 0 Å². The first-order chi connectivity index (χ1) is 12.6. The van der Waals surface area contributed by atoms with E-state index in [1.807, 2.05) is 0 Å². The van der Waals surface area contributed by atoms with Gasteiger partial charge in [-0.1, -0.05) is 0 Å². The van der Waals surface area contributed by atoms with Gasteiger partial charge in [0.2, 0.25) is 5.88 Å². The largest absolute Gasteiger partial charge is 0.479 e.